The Morgan fingerprint density at radius 3 is 0.918 bits per heavy atom. The second-order valence-electron chi connectivity index (χ2n) is 19.6. The van der Waals surface area contributed by atoms with Gasteiger partial charge in [-0.1, -0.05) is 203 Å². The zero-order valence-electron chi connectivity index (χ0n) is 40.3. The molecule has 6 aromatic rings. The Hall–Kier alpha value is -4.72. The summed E-state index contributed by atoms with van der Waals surface area (Å²) in [4.78, 5) is 0. The number of unbranched alkanes of at least 4 members (excludes halogenated alkanes) is 1. The van der Waals surface area contributed by atoms with E-state index < -0.39 is 0 Å². The minimum Gasteiger partial charge on any atom is -0.312 e. The lowest BCUT2D eigenvalue weighted by Gasteiger charge is -2.42. The zero-order valence-corrected chi connectivity index (χ0v) is 40.3. The smallest absolute Gasteiger partial charge is 0.0604 e. The average Bonchev–Trinajstić information content (AvgIpc) is 3.68. The average molecular weight is 810 g/mol. The monoisotopic (exact) mass is 810 g/mol. The predicted octanol–water partition coefficient (Wildman–Crippen LogP) is 15.3. The fraction of sp³-hybridized carbons (Fsp3) is 0.400. The lowest BCUT2D eigenvalue weighted by molar-refractivity contribution is 0.367. The summed E-state index contributed by atoms with van der Waals surface area (Å²) in [6, 6.07) is 43.3. The summed E-state index contributed by atoms with van der Waals surface area (Å²) in [6.45, 7) is 32.7. The van der Waals surface area contributed by atoms with Crippen LogP contribution in [0.15, 0.2) is 109 Å². The van der Waals surface area contributed by atoms with Crippen LogP contribution in [0, 0.1) is 89.0 Å². The van der Waals surface area contributed by atoms with Crippen molar-refractivity contribution in [2.24, 2.45) is 5.92 Å². The summed E-state index contributed by atoms with van der Waals surface area (Å²) in [5, 5.41) is 3.91. The molecule has 1 saturated heterocycles. The van der Waals surface area contributed by atoms with E-state index in [2.05, 4.69) is 211 Å². The maximum Gasteiger partial charge on any atom is 0.0604 e. The van der Waals surface area contributed by atoms with Crippen molar-refractivity contribution < 1.29 is 0 Å². The van der Waals surface area contributed by atoms with E-state index in [1.807, 2.05) is 0 Å². The molecule has 1 aliphatic heterocycles. The predicted molar refractivity (Wildman–Crippen MR) is 265 cm³/mol. The Bertz CT molecular complexity index is 2100. The van der Waals surface area contributed by atoms with E-state index in [-0.39, 0.29) is 10.8 Å². The van der Waals surface area contributed by atoms with Crippen LogP contribution in [-0.2, 0) is 10.8 Å². The fourth-order valence-corrected chi connectivity index (χ4v) is 11.5. The van der Waals surface area contributed by atoms with Crippen LogP contribution in [0.1, 0.15) is 146 Å². The molecule has 1 heterocycles. The van der Waals surface area contributed by atoms with Gasteiger partial charge in [0.05, 0.1) is 5.41 Å². The quantitative estimate of drug-likeness (QED) is 0.129. The van der Waals surface area contributed by atoms with Crippen LogP contribution in [0.4, 0.5) is 0 Å². The third kappa shape index (κ3) is 9.84. The maximum atomic E-state index is 3.91. The molecule has 320 valence electrons. The zero-order chi connectivity index (χ0) is 44.2. The van der Waals surface area contributed by atoms with Crippen molar-refractivity contribution >= 4 is 0 Å². The standard InChI is InChI=1S/C31H40.C29H35N/c1-9-10-11-27(8)31(28-15-21(2)12-22(3)16-28,29-17-23(4)13-24(5)18-29)30-19-25(6)14-26(7)20-30;1-19-10-20(2)14-25(13-19)29(28-8-7-9-30-28,26-15-21(3)11-22(4)16-26)27-17-23(5)12-24(6)18-27/h12-20,27H,9-11H2,1-8H3;10-18,28,30H,7-9H2,1-6H3/t27-;/m1./s1. The van der Waals surface area contributed by atoms with Crippen LogP contribution in [0.5, 0.6) is 0 Å². The highest BCUT2D eigenvalue weighted by Gasteiger charge is 2.46. The summed E-state index contributed by atoms with van der Waals surface area (Å²) in [6.07, 6.45) is 6.11. The van der Waals surface area contributed by atoms with Crippen molar-refractivity contribution in [3.8, 4) is 0 Å². The molecule has 61 heavy (non-hydrogen) atoms. The van der Waals surface area contributed by atoms with Crippen molar-refractivity contribution in [3.63, 3.8) is 0 Å². The van der Waals surface area contributed by atoms with Crippen molar-refractivity contribution in [2.75, 3.05) is 6.54 Å². The van der Waals surface area contributed by atoms with Gasteiger partial charge >= 0.3 is 0 Å². The molecule has 1 heteroatoms. The Morgan fingerprint density at radius 2 is 0.689 bits per heavy atom. The number of nitrogens with one attached hydrogen (secondary N) is 1. The molecule has 0 bridgehead atoms. The van der Waals surface area contributed by atoms with Gasteiger partial charge in [-0.05, 0) is 148 Å². The number of benzene rings is 6. The van der Waals surface area contributed by atoms with Crippen molar-refractivity contribution in [1.29, 1.82) is 0 Å². The highest BCUT2D eigenvalue weighted by Crippen LogP contribution is 2.49. The second kappa shape index (κ2) is 19.1. The van der Waals surface area contributed by atoms with Gasteiger partial charge in [-0.3, -0.25) is 0 Å². The number of aryl methyl sites for hydroxylation is 12. The number of hydrogen-bond acceptors (Lipinski definition) is 1. The van der Waals surface area contributed by atoms with Gasteiger partial charge < -0.3 is 5.32 Å². The van der Waals surface area contributed by atoms with E-state index in [1.165, 1.54) is 132 Å². The first-order chi connectivity index (χ1) is 28.9. The SMILES string of the molecule is CCCC[C@@H](C)C(c1cc(C)cc(C)c1)(c1cc(C)cc(C)c1)c1cc(C)cc(C)c1.Cc1cc(C)cc(C(c2cc(C)cc(C)c2)(c2cc(C)cc(C)c2)C2CCCN2)c1. The van der Waals surface area contributed by atoms with Crippen LogP contribution < -0.4 is 5.32 Å². The molecule has 0 saturated carbocycles. The molecule has 1 N–H and O–H groups in total. The minimum absolute atomic E-state index is 0.167. The van der Waals surface area contributed by atoms with Crippen molar-refractivity contribution in [2.45, 2.75) is 146 Å². The third-order valence-electron chi connectivity index (χ3n) is 13.4. The summed E-state index contributed by atoms with van der Waals surface area (Å²) in [7, 11) is 0. The first kappa shape index (κ1) is 45.8. The van der Waals surface area contributed by atoms with Crippen molar-refractivity contribution in [1.82, 2.24) is 5.32 Å². The molecule has 1 unspecified atom stereocenters. The van der Waals surface area contributed by atoms with E-state index in [1.54, 1.807) is 0 Å². The largest absolute Gasteiger partial charge is 0.312 e. The minimum atomic E-state index is -0.207. The van der Waals surface area contributed by atoms with Crippen LogP contribution in [0.25, 0.3) is 0 Å². The molecular weight excluding hydrogens is 735 g/mol. The molecule has 0 radical (unpaired) electrons. The molecule has 0 aromatic heterocycles. The number of rotatable bonds is 11. The van der Waals surface area contributed by atoms with E-state index in [9.17, 15) is 0 Å². The summed E-state index contributed by atoms with van der Waals surface area (Å²) in [5.41, 5.74) is 24.2. The maximum absolute atomic E-state index is 3.91. The molecule has 0 aliphatic carbocycles. The van der Waals surface area contributed by atoms with Gasteiger partial charge in [-0.15, -0.1) is 0 Å². The first-order valence-corrected chi connectivity index (χ1v) is 23.2. The van der Waals surface area contributed by atoms with Gasteiger partial charge in [0.25, 0.3) is 0 Å². The van der Waals surface area contributed by atoms with Gasteiger partial charge in [0, 0.05) is 11.5 Å². The Labute approximate surface area is 371 Å². The Morgan fingerprint density at radius 1 is 0.426 bits per heavy atom. The molecule has 1 nitrogen and oxygen atoms in total. The van der Waals surface area contributed by atoms with Crippen LogP contribution in [-0.4, -0.2) is 12.6 Å². The normalized spacial score (nSPS) is 14.8. The van der Waals surface area contributed by atoms with E-state index in [0.717, 1.165) is 6.54 Å². The van der Waals surface area contributed by atoms with Gasteiger partial charge in [-0.25, -0.2) is 0 Å². The summed E-state index contributed by atoms with van der Waals surface area (Å²) in [5.74, 6) is 0.482. The molecular formula is C60H75N. The lowest BCUT2D eigenvalue weighted by Crippen LogP contribution is -2.47. The third-order valence-corrected chi connectivity index (χ3v) is 13.4. The molecule has 1 fully saturated rings. The van der Waals surface area contributed by atoms with Crippen LogP contribution in [0.2, 0.25) is 0 Å². The summed E-state index contributed by atoms with van der Waals surface area (Å²) >= 11 is 0. The fourth-order valence-electron chi connectivity index (χ4n) is 11.5. The lowest BCUT2D eigenvalue weighted by atomic mass is 9.60. The highest BCUT2D eigenvalue weighted by atomic mass is 15.0. The molecule has 2 atom stereocenters. The Balaban J connectivity index is 0.000000204. The van der Waals surface area contributed by atoms with E-state index in [0.29, 0.717) is 12.0 Å². The summed E-state index contributed by atoms with van der Waals surface area (Å²) < 4.78 is 0. The number of hydrogen-bond donors (Lipinski definition) is 1. The Kier molecular flexibility index (Phi) is 14.4. The molecule has 6 aromatic carbocycles. The topological polar surface area (TPSA) is 12.0 Å². The van der Waals surface area contributed by atoms with E-state index >= 15 is 0 Å². The van der Waals surface area contributed by atoms with Crippen LogP contribution in [0.3, 0.4) is 0 Å². The second-order valence-corrected chi connectivity index (χ2v) is 19.6. The molecule has 0 amide bonds. The van der Waals surface area contributed by atoms with Crippen molar-refractivity contribution in [3.05, 3.63) is 209 Å². The van der Waals surface area contributed by atoms with Gasteiger partial charge in [0.2, 0.25) is 0 Å². The van der Waals surface area contributed by atoms with Gasteiger partial charge in [0.1, 0.15) is 0 Å². The van der Waals surface area contributed by atoms with Gasteiger partial charge in [-0.2, -0.15) is 0 Å². The highest BCUT2D eigenvalue weighted by molar-refractivity contribution is 5.58. The van der Waals surface area contributed by atoms with Gasteiger partial charge in [0.15, 0.2) is 0 Å². The molecule has 7 rings (SSSR count). The van der Waals surface area contributed by atoms with Crippen LogP contribution >= 0.6 is 0 Å². The van der Waals surface area contributed by atoms with E-state index in [4.69, 9.17) is 0 Å². The molecule has 1 aliphatic rings. The molecule has 0 spiro atoms. The first-order valence-electron chi connectivity index (χ1n) is 23.2.